The quantitative estimate of drug-likeness (QED) is 0.924. The van der Waals surface area contributed by atoms with Gasteiger partial charge in [-0.2, -0.15) is 0 Å². The lowest BCUT2D eigenvalue weighted by atomic mass is 9.82. The molecule has 2 unspecified atom stereocenters. The third kappa shape index (κ3) is 3.82. The molecule has 1 aromatic carbocycles. The molecule has 2 saturated heterocycles. The van der Waals surface area contributed by atoms with Gasteiger partial charge in [0.25, 0.3) is 0 Å². The number of nitrogens with one attached hydrogen (secondary N) is 1. The highest BCUT2D eigenvalue weighted by atomic mass is 35.5. The minimum atomic E-state index is 0. The summed E-state index contributed by atoms with van der Waals surface area (Å²) in [4.78, 5) is 14.5. The molecule has 1 N–H and O–H groups in total. The van der Waals surface area contributed by atoms with Crippen LogP contribution in [0.2, 0.25) is 0 Å². The maximum Gasteiger partial charge on any atom is 0.222 e. The van der Waals surface area contributed by atoms with E-state index in [0.717, 1.165) is 45.4 Å². The number of halogens is 1. The van der Waals surface area contributed by atoms with Gasteiger partial charge in [0.15, 0.2) is 0 Å². The summed E-state index contributed by atoms with van der Waals surface area (Å²) in [6.07, 6.45) is 4.07. The van der Waals surface area contributed by atoms with Crippen LogP contribution in [0.15, 0.2) is 30.3 Å². The Bertz CT molecular complexity index is 487. The molecule has 0 aromatic heterocycles. The second kappa shape index (κ2) is 7.47. The standard InChI is InChI=1S/C18H26N2O.ClH/c1-18(16-5-3-2-4-6-16)10-12-20(14-18)17(21)8-7-15-9-11-19-13-15;/h2-6,15,19H,7-14H2,1H3;1H. The summed E-state index contributed by atoms with van der Waals surface area (Å²) in [6, 6.07) is 10.6. The van der Waals surface area contributed by atoms with Crippen molar-refractivity contribution in [1.29, 1.82) is 0 Å². The Morgan fingerprint density at radius 3 is 2.82 bits per heavy atom. The fourth-order valence-corrected chi connectivity index (χ4v) is 3.70. The average Bonchev–Trinajstić information content (AvgIpc) is 3.16. The van der Waals surface area contributed by atoms with Crippen LogP contribution in [0, 0.1) is 5.92 Å². The summed E-state index contributed by atoms with van der Waals surface area (Å²) < 4.78 is 0. The normalized spacial score (nSPS) is 27.7. The molecule has 0 aliphatic carbocycles. The van der Waals surface area contributed by atoms with Gasteiger partial charge in [0.05, 0.1) is 0 Å². The molecule has 1 aromatic rings. The fourth-order valence-electron chi connectivity index (χ4n) is 3.70. The van der Waals surface area contributed by atoms with E-state index in [1.807, 2.05) is 0 Å². The molecule has 2 aliphatic heterocycles. The highest BCUT2D eigenvalue weighted by Crippen LogP contribution is 2.34. The Morgan fingerprint density at radius 2 is 2.14 bits per heavy atom. The predicted molar refractivity (Wildman–Crippen MR) is 92.4 cm³/mol. The van der Waals surface area contributed by atoms with E-state index in [1.54, 1.807) is 0 Å². The first-order valence-corrected chi connectivity index (χ1v) is 8.21. The van der Waals surface area contributed by atoms with E-state index in [1.165, 1.54) is 12.0 Å². The van der Waals surface area contributed by atoms with Crippen LogP contribution < -0.4 is 5.32 Å². The van der Waals surface area contributed by atoms with Gasteiger partial charge in [-0.25, -0.2) is 0 Å². The van der Waals surface area contributed by atoms with Crippen molar-refractivity contribution in [3.05, 3.63) is 35.9 Å². The monoisotopic (exact) mass is 322 g/mol. The zero-order valence-electron chi connectivity index (χ0n) is 13.4. The zero-order valence-corrected chi connectivity index (χ0v) is 14.2. The third-order valence-corrected chi connectivity index (χ3v) is 5.23. The number of amides is 1. The molecule has 2 fully saturated rings. The van der Waals surface area contributed by atoms with Crippen molar-refractivity contribution in [2.45, 2.75) is 38.0 Å². The minimum absolute atomic E-state index is 0. The Labute approximate surface area is 139 Å². The van der Waals surface area contributed by atoms with Crippen molar-refractivity contribution in [3.8, 4) is 0 Å². The lowest BCUT2D eigenvalue weighted by Gasteiger charge is -2.25. The molecular weight excluding hydrogens is 296 g/mol. The highest BCUT2D eigenvalue weighted by molar-refractivity contribution is 5.85. The second-order valence-corrected chi connectivity index (χ2v) is 6.89. The number of hydrogen-bond donors (Lipinski definition) is 1. The Morgan fingerprint density at radius 1 is 1.36 bits per heavy atom. The molecule has 3 rings (SSSR count). The first kappa shape index (κ1) is 17.3. The third-order valence-electron chi connectivity index (χ3n) is 5.23. The maximum atomic E-state index is 12.4. The van der Waals surface area contributed by atoms with Crippen LogP contribution in [0.25, 0.3) is 0 Å². The van der Waals surface area contributed by atoms with Gasteiger partial charge in [0.1, 0.15) is 0 Å². The fraction of sp³-hybridized carbons (Fsp3) is 0.611. The number of nitrogens with zero attached hydrogens (tertiary/aromatic N) is 1. The molecule has 0 spiro atoms. The van der Waals surface area contributed by atoms with E-state index in [0.29, 0.717) is 11.8 Å². The molecular formula is C18H27ClN2O. The summed E-state index contributed by atoms with van der Waals surface area (Å²) in [5.41, 5.74) is 1.49. The van der Waals surface area contributed by atoms with Crippen molar-refractivity contribution in [2.75, 3.05) is 26.2 Å². The number of carbonyl (C=O) groups is 1. The van der Waals surface area contributed by atoms with Gasteiger partial charge >= 0.3 is 0 Å². The van der Waals surface area contributed by atoms with Gasteiger partial charge in [-0.05, 0) is 43.8 Å². The van der Waals surface area contributed by atoms with Crippen LogP contribution in [-0.4, -0.2) is 37.0 Å². The topological polar surface area (TPSA) is 32.3 Å². The smallest absolute Gasteiger partial charge is 0.222 e. The van der Waals surface area contributed by atoms with Crippen molar-refractivity contribution in [2.24, 2.45) is 5.92 Å². The molecule has 22 heavy (non-hydrogen) atoms. The van der Waals surface area contributed by atoms with Crippen molar-refractivity contribution < 1.29 is 4.79 Å². The van der Waals surface area contributed by atoms with E-state index < -0.39 is 0 Å². The number of rotatable bonds is 4. The van der Waals surface area contributed by atoms with E-state index in [2.05, 4.69) is 47.5 Å². The van der Waals surface area contributed by atoms with Crippen LogP contribution in [0.1, 0.15) is 38.2 Å². The minimum Gasteiger partial charge on any atom is -0.342 e. The summed E-state index contributed by atoms with van der Waals surface area (Å²) in [7, 11) is 0. The number of benzene rings is 1. The van der Waals surface area contributed by atoms with Crippen LogP contribution in [0.5, 0.6) is 0 Å². The Kier molecular flexibility index (Phi) is 5.87. The van der Waals surface area contributed by atoms with Crippen LogP contribution in [-0.2, 0) is 10.2 Å². The lowest BCUT2D eigenvalue weighted by Crippen LogP contribution is -2.33. The number of likely N-dealkylation sites (tertiary alicyclic amines) is 1. The van der Waals surface area contributed by atoms with Gasteiger partial charge < -0.3 is 10.2 Å². The first-order chi connectivity index (χ1) is 10.2. The molecule has 2 atom stereocenters. The average molecular weight is 323 g/mol. The Hall–Kier alpha value is -1.06. The van der Waals surface area contributed by atoms with E-state index >= 15 is 0 Å². The molecule has 1 amide bonds. The van der Waals surface area contributed by atoms with Crippen molar-refractivity contribution >= 4 is 18.3 Å². The van der Waals surface area contributed by atoms with Crippen molar-refractivity contribution in [1.82, 2.24) is 10.2 Å². The van der Waals surface area contributed by atoms with Gasteiger partial charge in [-0.1, -0.05) is 37.3 Å². The molecule has 0 radical (unpaired) electrons. The molecule has 0 bridgehead atoms. The Balaban J connectivity index is 0.00000176. The van der Waals surface area contributed by atoms with Gasteiger partial charge in [0, 0.05) is 24.9 Å². The SMILES string of the molecule is CC1(c2ccccc2)CCN(C(=O)CCC2CCNC2)C1.Cl. The summed E-state index contributed by atoms with van der Waals surface area (Å²) in [5, 5.41) is 3.38. The van der Waals surface area contributed by atoms with E-state index in [-0.39, 0.29) is 17.8 Å². The van der Waals surface area contributed by atoms with E-state index in [9.17, 15) is 4.79 Å². The van der Waals surface area contributed by atoms with Crippen molar-refractivity contribution in [3.63, 3.8) is 0 Å². The number of carbonyl (C=O) groups excluding carboxylic acids is 1. The molecule has 122 valence electrons. The molecule has 2 heterocycles. The van der Waals surface area contributed by atoms with Crippen LogP contribution >= 0.6 is 12.4 Å². The zero-order chi connectivity index (χ0) is 14.7. The molecule has 4 heteroatoms. The largest absolute Gasteiger partial charge is 0.342 e. The van der Waals surface area contributed by atoms with Crippen LogP contribution in [0.3, 0.4) is 0 Å². The van der Waals surface area contributed by atoms with Gasteiger partial charge in [0.2, 0.25) is 5.91 Å². The summed E-state index contributed by atoms with van der Waals surface area (Å²) >= 11 is 0. The first-order valence-electron chi connectivity index (χ1n) is 8.21. The molecule has 3 nitrogen and oxygen atoms in total. The molecule has 2 aliphatic rings. The highest BCUT2D eigenvalue weighted by Gasteiger charge is 2.37. The summed E-state index contributed by atoms with van der Waals surface area (Å²) in [5.74, 6) is 1.05. The lowest BCUT2D eigenvalue weighted by molar-refractivity contribution is -0.130. The summed E-state index contributed by atoms with van der Waals surface area (Å²) in [6.45, 7) is 6.28. The van der Waals surface area contributed by atoms with Gasteiger partial charge in [-0.3, -0.25) is 4.79 Å². The van der Waals surface area contributed by atoms with Gasteiger partial charge in [-0.15, -0.1) is 12.4 Å². The van der Waals surface area contributed by atoms with E-state index in [4.69, 9.17) is 0 Å². The van der Waals surface area contributed by atoms with Crippen LogP contribution in [0.4, 0.5) is 0 Å². The molecule has 0 saturated carbocycles. The maximum absolute atomic E-state index is 12.4. The second-order valence-electron chi connectivity index (χ2n) is 6.89. The number of hydrogen-bond acceptors (Lipinski definition) is 2. The predicted octanol–water partition coefficient (Wildman–Crippen LogP) is 2.99.